The first-order valence-electron chi connectivity index (χ1n) is 6.06. The fraction of sp³-hybridized carbons (Fsp3) is 0.500. The van der Waals surface area contributed by atoms with E-state index in [1.807, 2.05) is 11.0 Å². The predicted molar refractivity (Wildman–Crippen MR) is 74.3 cm³/mol. The van der Waals surface area contributed by atoms with Crippen LogP contribution in [-0.4, -0.2) is 37.3 Å². The molecule has 2 rings (SSSR count). The van der Waals surface area contributed by atoms with E-state index in [-0.39, 0.29) is 17.7 Å². The van der Waals surface area contributed by atoms with Crippen LogP contribution in [0.2, 0.25) is 0 Å². The molecule has 1 fully saturated rings. The summed E-state index contributed by atoms with van der Waals surface area (Å²) in [5, 5.41) is 21.8. The summed E-state index contributed by atoms with van der Waals surface area (Å²) in [6.45, 7) is 1.33. The molecule has 0 spiro atoms. The average Bonchev–Trinajstić information content (AvgIpc) is 2.75. The van der Waals surface area contributed by atoms with Gasteiger partial charge in [-0.1, -0.05) is 0 Å². The van der Waals surface area contributed by atoms with Crippen molar-refractivity contribution >= 4 is 27.9 Å². The number of nitriles is 1. The molecule has 6 nitrogen and oxygen atoms in total. The van der Waals surface area contributed by atoms with Gasteiger partial charge in [-0.05, 0) is 12.8 Å². The third-order valence-electron chi connectivity index (χ3n) is 3.23. The zero-order valence-corrected chi connectivity index (χ0v) is 11.5. The first-order valence-corrected chi connectivity index (χ1v) is 6.87. The van der Waals surface area contributed by atoms with Crippen molar-refractivity contribution in [1.29, 1.82) is 5.26 Å². The fourth-order valence-corrected chi connectivity index (χ4v) is 3.22. The monoisotopic (exact) mass is 280 g/mol. The van der Waals surface area contributed by atoms with Gasteiger partial charge >= 0.3 is 0 Å². The molecule has 4 N–H and O–H groups in total. The SMILES string of the molecule is CNC(=O)c1c(N2CCC(O)CC2)sc(C#N)c1N. The summed E-state index contributed by atoms with van der Waals surface area (Å²) in [6, 6.07) is 2.02. The Morgan fingerprint density at radius 2 is 2.21 bits per heavy atom. The van der Waals surface area contributed by atoms with Crippen molar-refractivity contribution in [2.24, 2.45) is 0 Å². The number of aliphatic hydroxyl groups is 1. The van der Waals surface area contributed by atoms with E-state index in [1.165, 1.54) is 18.4 Å². The van der Waals surface area contributed by atoms with Crippen LogP contribution in [0.5, 0.6) is 0 Å². The van der Waals surface area contributed by atoms with Crippen LogP contribution in [0, 0.1) is 11.3 Å². The predicted octanol–water partition coefficient (Wildman–Crippen LogP) is 0.523. The molecule has 1 aromatic heterocycles. The number of anilines is 2. The summed E-state index contributed by atoms with van der Waals surface area (Å²) in [6.07, 6.45) is 1.03. The summed E-state index contributed by atoms with van der Waals surface area (Å²) in [5.74, 6) is -0.281. The Kier molecular flexibility index (Phi) is 3.93. The Balaban J connectivity index is 2.39. The van der Waals surface area contributed by atoms with Crippen molar-refractivity contribution in [3.05, 3.63) is 10.4 Å². The van der Waals surface area contributed by atoms with Gasteiger partial charge in [0.1, 0.15) is 15.9 Å². The minimum absolute atomic E-state index is 0.243. The molecule has 0 saturated carbocycles. The molecular formula is C12H16N4O2S. The Labute approximate surface area is 115 Å². The number of carbonyl (C=O) groups excluding carboxylic acids is 1. The molecule has 0 aromatic carbocycles. The molecule has 19 heavy (non-hydrogen) atoms. The van der Waals surface area contributed by atoms with E-state index in [0.717, 1.165) is 5.00 Å². The van der Waals surface area contributed by atoms with Gasteiger partial charge in [0.15, 0.2) is 0 Å². The van der Waals surface area contributed by atoms with Crippen molar-refractivity contribution in [1.82, 2.24) is 5.32 Å². The third kappa shape index (κ3) is 2.50. The molecule has 0 bridgehead atoms. The molecule has 1 saturated heterocycles. The lowest BCUT2D eigenvalue weighted by Crippen LogP contribution is -2.36. The lowest BCUT2D eigenvalue weighted by atomic mass is 10.1. The lowest BCUT2D eigenvalue weighted by molar-refractivity contribution is 0.0964. The molecule has 1 aromatic rings. The topological polar surface area (TPSA) is 102 Å². The molecule has 2 heterocycles. The Morgan fingerprint density at radius 1 is 1.58 bits per heavy atom. The van der Waals surface area contributed by atoms with Crippen molar-refractivity contribution < 1.29 is 9.90 Å². The van der Waals surface area contributed by atoms with Crippen LogP contribution in [0.1, 0.15) is 28.1 Å². The molecule has 1 amide bonds. The number of rotatable bonds is 2. The molecule has 0 unspecified atom stereocenters. The largest absolute Gasteiger partial charge is 0.396 e. The second-order valence-electron chi connectivity index (χ2n) is 4.43. The number of nitrogen functional groups attached to an aromatic ring is 1. The number of nitrogens with zero attached hydrogens (tertiary/aromatic N) is 2. The number of nitrogens with one attached hydrogen (secondary N) is 1. The smallest absolute Gasteiger partial charge is 0.256 e. The number of nitrogens with two attached hydrogens (primary N) is 1. The van der Waals surface area contributed by atoms with Gasteiger partial charge in [-0.25, -0.2) is 0 Å². The lowest BCUT2D eigenvalue weighted by Gasteiger charge is -2.30. The van der Waals surface area contributed by atoms with E-state index < -0.39 is 0 Å². The van der Waals surface area contributed by atoms with Gasteiger partial charge in [0, 0.05) is 20.1 Å². The van der Waals surface area contributed by atoms with Crippen LogP contribution in [0.3, 0.4) is 0 Å². The number of hydrogen-bond acceptors (Lipinski definition) is 6. The van der Waals surface area contributed by atoms with E-state index in [4.69, 9.17) is 11.0 Å². The highest BCUT2D eigenvalue weighted by molar-refractivity contribution is 7.17. The maximum absolute atomic E-state index is 11.9. The number of amides is 1. The van der Waals surface area contributed by atoms with Crippen LogP contribution >= 0.6 is 11.3 Å². The minimum Gasteiger partial charge on any atom is -0.396 e. The van der Waals surface area contributed by atoms with Gasteiger partial charge < -0.3 is 21.1 Å². The number of aliphatic hydroxyl groups excluding tert-OH is 1. The minimum atomic E-state index is -0.285. The molecule has 7 heteroatoms. The normalized spacial score (nSPS) is 16.2. The van der Waals surface area contributed by atoms with E-state index in [0.29, 0.717) is 36.4 Å². The van der Waals surface area contributed by atoms with Gasteiger partial charge in [0.05, 0.1) is 17.4 Å². The van der Waals surface area contributed by atoms with Crippen molar-refractivity contribution in [2.45, 2.75) is 18.9 Å². The van der Waals surface area contributed by atoms with Crippen LogP contribution in [-0.2, 0) is 0 Å². The van der Waals surface area contributed by atoms with Crippen LogP contribution in [0.4, 0.5) is 10.7 Å². The molecule has 0 aliphatic carbocycles. The van der Waals surface area contributed by atoms with E-state index >= 15 is 0 Å². The summed E-state index contributed by atoms with van der Waals surface area (Å²) in [7, 11) is 1.54. The second kappa shape index (κ2) is 5.47. The van der Waals surface area contributed by atoms with Crippen molar-refractivity contribution in [2.75, 3.05) is 30.8 Å². The van der Waals surface area contributed by atoms with E-state index in [1.54, 1.807) is 0 Å². The quantitative estimate of drug-likeness (QED) is 0.733. The number of thiophene rings is 1. The number of hydrogen-bond donors (Lipinski definition) is 3. The van der Waals surface area contributed by atoms with Gasteiger partial charge in [-0.15, -0.1) is 11.3 Å². The maximum Gasteiger partial charge on any atom is 0.256 e. The van der Waals surface area contributed by atoms with Crippen LogP contribution in [0.25, 0.3) is 0 Å². The number of carbonyl (C=O) groups is 1. The summed E-state index contributed by atoms with van der Waals surface area (Å²) < 4.78 is 0. The average molecular weight is 280 g/mol. The zero-order valence-electron chi connectivity index (χ0n) is 10.6. The molecular weight excluding hydrogens is 264 g/mol. The second-order valence-corrected chi connectivity index (χ2v) is 5.43. The molecule has 1 aliphatic rings. The van der Waals surface area contributed by atoms with Crippen molar-refractivity contribution in [3.63, 3.8) is 0 Å². The highest BCUT2D eigenvalue weighted by Gasteiger charge is 2.27. The van der Waals surface area contributed by atoms with Crippen LogP contribution in [0.15, 0.2) is 0 Å². The molecule has 1 aliphatic heterocycles. The van der Waals surface area contributed by atoms with Gasteiger partial charge in [-0.2, -0.15) is 5.26 Å². The van der Waals surface area contributed by atoms with Gasteiger partial charge in [-0.3, -0.25) is 4.79 Å². The zero-order chi connectivity index (χ0) is 14.0. The van der Waals surface area contributed by atoms with Gasteiger partial charge in [0.25, 0.3) is 5.91 Å². The molecule has 0 atom stereocenters. The molecule has 102 valence electrons. The van der Waals surface area contributed by atoms with E-state index in [2.05, 4.69) is 5.32 Å². The fourth-order valence-electron chi connectivity index (χ4n) is 2.15. The maximum atomic E-state index is 11.9. The highest BCUT2D eigenvalue weighted by atomic mass is 32.1. The Morgan fingerprint density at radius 3 is 2.74 bits per heavy atom. The first kappa shape index (κ1) is 13.6. The summed E-state index contributed by atoms with van der Waals surface area (Å²) in [4.78, 5) is 14.3. The van der Waals surface area contributed by atoms with E-state index in [9.17, 15) is 9.90 Å². The van der Waals surface area contributed by atoms with Crippen LogP contribution < -0.4 is 16.0 Å². The first-order chi connectivity index (χ1) is 9.08. The Hall–Kier alpha value is -1.78. The summed E-state index contributed by atoms with van der Waals surface area (Å²) >= 11 is 1.23. The Bertz CT molecular complexity index is 527. The molecule has 0 radical (unpaired) electrons. The number of piperidine rings is 1. The van der Waals surface area contributed by atoms with Gasteiger partial charge in [0.2, 0.25) is 0 Å². The standard InChI is InChI=1S/C12H16N4O2S/c1-15-11(18)9-10(14)8(6-13)19-12(9)16-4-2-7(17)3-5-16/h7,17H,2-5,14H2,1H3,(H,15,18). The highest BCUT2D eigenvalue weighted by Crippen LogP contribution is 2.38. The van der Waals surface area contributed by atoms with Crippen molar-refractivity contribution in [3.8, 4) is 6.07 Å². The summed E-state index contributed by atoms with van der Waals surface area (Å²) in [5.41, 5.74) is 6.50. The third-order valence-corrected chi connectivity index (χ3v) is 4.40.